The Balaban J connectivity index is 4.78. The normalized spacial score (nSPS) is 13.6. The van der Waals surface area contributed by atoms with Crippen LogP contribution in [0.4, 0.5) is 0 Å². The van der Waals surface area contributed by atoms with Gasteiger partial charge in [0.15, 0.2) is 9.84 Å². The zero-order valence-electron chi connectivity index (χ0n) is 7.23. The van der Waals surface area contributed by atoms with E-state index in [1.807, 2.05) is 0 Å². The maximum absolute atomic E-state index is 11.0. The molecule has 0 amide bonds. The Morgan fingerprint density at radius 3 is 2.08 bits per heavy atom. The Hall–Kier alpha value is -0.840. The number of hydrogen-bond donors (Lipinski definition) is 1. The monoisotopic (exact) mass is 192 g/mol. The highest BCUT2D eigenvalue weighted by Crippen LogP contribution is 2.16. The second-order valence-corrected chi connectivity index (χ2v) is 5.64. The van der Waals surface area contributed by atoms with Gasteiger partial charge in [-0.15, -0.1) is 0 Å². The Morgan fingerprint density at radius 1 is 1.42 bits per heavy atom. The number of sulfone groups is 1. The van der Waals surface area contributed by atoms with Crippen molar-refractivity contribution in [2.75, 3.05) is 6.26 Å². The van der Waals surface area contributed by atoms with Gasteiger partial charge in [-0.25, -0.2) is 13.2 Å². The van der Waals surface area contributed by atoms with Crippen molar-refractivity contribution in [1.82, 2.24) is 0 Å². The molecule has 1 N–H and O–H groups in total. The smallest absolute Gasteiger partial charge is 0.328 e. The van der Waals surface area contributed by atoms with Crippen molar-refractivity contribution in [2.45, 2.75) is 18.6 Å². The molecule has 0 spiro atoms. The Bertz CT molecular complexity index is 297. The van der Waals surface area contributed by atoms with Crippen LogP contribution in [0.15, 0.2) is 12.2 Å². The van der Waals surface area contributed by atoms with Crippen LogP contribution in [0, 0.1) is 0 Å². The van der Waals surface area contributed by atoms with Gasteiger partial charge in [-0.1, -0.05) is 6.08 Å². The van der Waals surface area contributed by atoms with Gasteiger partial charge in [-0.05, 0) is 13.8 Å². The van der Waals surface area contributed by atoms with Gasteiger partial charge in [0, 0.05) is 12.3 Å². The summed E-state index contributed by atoms with van der Waals surface area (Å²) in [6.07, 6.45) is 3.06. The lowest BCUT2D eigenvalue weighted by Gasteiger charge is -2.16. The van der Waals surface area contributed by atoms with Crippen molar-refractivity contribution in [1.29, 1.82) is 0 Å². The fourth-order valence-electron chi connectivity index (χ4n) is 0.396. The number of rotatable bonds is 3. The summed E-state index contributed by atoms with van der Waals surface area (Å²) in [4.78, 5) is 10.1. The molecule has 0 aromatic carbocycles. The molecule has 0 heterocycles. The highest BCUT2D eigenvalue weighted by atomic mass is 32.2. The minimum Gasteiger partial charge on any atom is -0.478 e. The molecule has 0 unspecified atom stereocenters. The average Bonchev–Trinajstić information content (AvgIpc) is 1.81. The third-order valence-corrected chi connectivity index (χ3v) is 3.63. The van der Waals surface area contributed by atoms with E-state index in [9.17, 15) is 13.2 Å². The largest absolute Gasteiger partial charge is 0.478 e. The molecule has 4 nitrogen and oxygen atoms in total. The number of carbonyl (C=O) groups is 1. The van der Waals surface area contributed by atoms with E-state index < -0.39 is 20.6 Å². The van der Waals surface area contributed by atoms with Crippen LogP contribution in [0.5, 0.6) is 0 Å². The maximum atomic E-state index is 11.0. The van der Waals surface area contributed by atoms with E-state index >= 15 is 0 Å². The molecular weight excluding hydrogens is 180 g/mol. The SMILES string of the molecule is CC(C)(/C=C/C(=O)O)S(C)(=O)=O. The van der Waals surface area contributed by atoms with Gasteiger partial charge < -0.3 is 5.11 Å². The van der Waals surface area contributed by atoms with Crippen LogP contribution in [0.3, 0.4) is 0 Å². The van der Waals surface area contributed by atoms with Crippen LogP contribution in [0.25, 0.3) is 0 Å². The molecule has 0 bridgehead atoms. The van der Waals surface area contributed by atoms with Crippen LogP contribution in [0.1, 0.15) is 13.8 Å². The van der Waals surface area contributed by atoms with Crippen molar-refractivity contribution in [3.05, 3.63) is 12.2 Å². The molecule has 0 aliphatic carbocycles. The molecule has 0 fully saturated rings. The lowest BCUT2D eigenvalue weighted by molar-refractivity contribution is -0.131. The van der Waals surface area contributed by atoms with E-state index in [1.165, 1.54) is 13.8 Å². The summed E-state index contributed by atoms with van der Waals surface area (Å²) < 4.78 is 20.9. The third kappa shape index (κ3) is 3.04. The third-order valence-electron chi connectivity index (χ3n) is 1.58. The number of carboxylic acid groups (broad SMARTS) is 1. The Labute approximate surface area is 71.8 Å². The van der Waals surface area contributed by atoms with Gasteiger partial charge in [0.05, 0.1) is 4.75 Å². The first-order valence-electron chi connectivity index (χ1n) is 3.28. The molecule has 12 heavy (non-hydrogen) atoms. The van der Waals surface area contributed by atoms with Crippen LogP contribution in [-0.4, -0.2) is 30.5 Å². The summed E-state index contributed by atoms with van der Waals surface area (Å²) >= 11 is 0. The molecule has 0 aliphatic heterocycles. The summed E-state index contributed by atoms with van der Waals surface area (Å²) in [5.74, 6) is -1.15. The molecule has 0 aliphatic rings. The maximum Gasteiger partial charge on any atom is 0.328 e. The van der Waals surface area contributed by atoms with E-state index in [-0.39, 0.29) is 0 Å². The van der Waals surface area contributed by atoms with E-state index in [1.54, 1.807) is 0 Å². The van der Waals surface area contributed by atoms with Crippen LogP contribution >= 0.6 is 0 Å². The second-order valence-electron chi connectivity index (χ2n) is 3.05. The standard InChI is InChI=1S/C7H12O4S/c1-7(2,12(3,10)11)5-4-6(8)9/h4-5H,1-3H3,(H,8,9)/b5-4+. The van der Waals surface area contributed by atoms with Gasteiger partial charge in [0.2, 0.25) is 0 Å². The van der Waals surface area contributed by atoms with Crippen molar-refractivity contribution >= 4 is 15.8 Å². The first kappa shape index (κ1) is 11.2. The summed E-state index contributed by atoms with van der Waals surface area (Å²) in [7, 11) is -3.25. The molecule has 0 rings (SSSR count). The average molecular weight is 192 g/mol. The fraction of sp³-hybridized carbons (Fsp3) is 0.571. The quantitative estimate of drug-likeness (QED) is 0.659. The van der Waals surface area contributed by atoms with E-state index in [0.29, 0.717) is 0 Å². The minimum atomic E-state index is -3.25. The summed E-state index contributed by atoms with van der Waals surface area (Å²) in [5, 5.41) is 8.26. The Morgan fingerprint density at radius 2 is 1.83 bits per heavy atom. The van der Waals surface area contributed by atoms with E-state index in [4.69, 9.17) is 5.11 Å². The molecule has 0 aromatic rings. The highest BCUT2D eigenvalue weighted by molar-refractivity contribution is 7.92. The number of aliphatic carboxylic acids is 1. The van der Waals surface area contributed by atoms with E-state index in [0.717, 1.165) is 18.4 Å². The Kier molecular flexibility index (Phi) is 3.04. The molecule has 0 saturated carbocycles. The molecule has 5 heteroatoms. The number of hydrogen-bond acceptors (Lipinski definition) is 3. The van der Waals surface area contributed by atoms with Crippen LogP contribution in [-0.2, 0) is 14.6 Å². The minimum absolute atomic E-state index is 0.834. The molecule has 0 radical (unpaired) electrons. The van der Waals surface area contributed by atoms with Gasteiger partial charge in [0.25, 0.3) is 0 Å². The molecule has 0 atom stereocenters. The summed E-state index contributed by atoms with van der Waals surface area (Å²) in [5.41, 5.74) is 0. The highest BCUT2D eigenvalue weighted by Gasteiger charge is 2.26. The van der Waals surface area contributed by atoms with Gasteiger partial charge in [-0.3, -0.25) is 0 Å². The van der Waals surface area contributed by atoms with Crippen molar-refractivity contribution in [2.24, 2.45) is 0 Å². The lowest BCUT2D eigenvalue weighted by Crippen LogP contribution is -2.28. The zero-order chi connectivity index (χ0) is 9.99. The van der Waals surface area contributed by atoms with E-state index in [2.05, 4.69) is 0 Å². The first-order chi connectivity index (χ1) is 5.17. The summed E-state index contributed by atoms with van der Waals surface area (Å²) in [6.45, 7) is 2.89. The zero-order valence-corrected chi connectivity index (χ0v) is 8.05. The number of carboxylic acids is 1. The first-order valence-corrected chi connectivity index (χ1v) is 5.18. The fourth-order valence-corrected chi connectivity index (χ4v) is 0.711. The van der Waals surface area contributed by atoms with Crippen LogP contribution in [0.2, 0.25) is 0 Å². The van der Waals surface area contributed by atoms with Gasteiger partial charge in [0.1, 0.15) is 0 Å². The summed E-state index contributed by atoms with van der Waals surface area (Å²) in [6, 6.07) is 0. The molecule has 0 saturated heterocycles. The predicted octanol–water partition coefficient (Wildman–Crippen LogP) is 0.450. The molecular formula is C7H12O4S. The second kappa shape index (κ2) is 3.26. The molecule has 0 aromatic heterocycles. The van der Waals surface area contributed by atoms with Crippen molar-refractivity contribution < 1.29 is 18.3 Å². The molecule has 70 valence electrons. The van der Waals surface area contributed by atoms with Gasteiger partial charge in [-0.2, -0.15) is 0 Å². The van der Waals surface area contributed by atoms with Crippen LogP contribution < -0.4 is 0 Å². The van der Waals surface area contributed by atoms with Crippen molar-refractivity contribution in [3.63, 3.8) is 0 Å². The predicted molar refractivity (Wildman–Crippen MR) is 45.7 cm³/mol. The van der Waals surface area contributed by atoms with Gasteiger partial charge >= 0.3 is 5.97 Å². The lowest BCUT2D eigenvalue weighted by atomic mass is 10.2. The van der Waals surface area contributed by atoms with Crippen molar-refractivity contribution in [3.8, 4) is 0 Å². The topological polar surface area (TPSA) is 71.4 Å².